The fraction of sp³-hybridized carbons (Fsp3) is 0.286. The first-order valence-corrected chi connectivity index (χ1v) is 9.14. The molecule has 28 heavy (non-hydrogen) atoms. The Labute approximate surface area is 165 Å². The Morgan fingerprint density at radius 1 is 0.893 bits per heavy atom. The second-order valence-corrected chi connectivity index (χ2v) is 6.56. The van der Waals surface area contributed by atoms with E-state index in [1.807, 2.05) is 50.2 Å². The molecule has 3 amide bonds. The third-order valence-electron chi connectivity index (χ3n) is 4.10. The molecule has 0 aliphatic carbocycles. The smallest absolute Gasteiger partial charge is 0.313 e. The predicted molar refractivity (Wildman–Crippen MR) is 110 cm³/mol. The second-order valence-electron chi connectivity index (χ2n) is 6.56. The van der Waals surface area contributed by atoms with Crippen LogP contribution in [0.15, 0.2) is 48.5 Å². The van der Waals surface area contributed by atoms with E-state index in [1.165, 1.54) is 0 Å². The Hall–Kier alpha value is -3.19. The molecular formula is C21H26N4O3. The van der Waals surface area contributed by atoms with E-state index in [2.05, 4.69) is 16.0 Å². The van der Waals surface area contributed by atoms with Gasteiger partial charge in [-0.3, -0.25) is 14.4 Å². The van der Waals surface area contributed by atoms with Crippen LogP contribution in [0.25, 0.3) is 0 Å². The molecule has 148 valence electrons. The zero-order valence-corrected chi connectivity index (χ0v) is 16.4. The number of anilines is 2. The fourth-order valence-electron chi connectivity index (χ4n) is 2.51. The lowest BCUT2D eigenvalue weighted by molar-refractivity contribution is -0.136. The Bertz CT molecular complexity index is 832. The molecule has 7 heteroatoms. The SMILES string of the molecule is CCc1ccccc1NC(=O)c1ccc(NC(=O)C(=O)NCCN(C)C)cc1. The van der Waals surface area contributed by atoms with Crippen LogP contribution in [-0.4, -0.2) is 49.8 Å². The zero-order chi connectivity index (χ0) is 20.5. The van der Waals surface area contributed by atoms with Gasteiger partial charge in [-0.1, -0.05) is 25.1 Å². The topological polar surface area (TPSA) is 90.5 Å². The number of amides is 3. The molecular weight excluding hydrogens is 356 g/mol. The van der Waals surface area contributed by atoms with Gasteiger partial charge >= 0.3 is 11.8 Å². The summed E-state index contributed by atoms with van der Waals surface area (Å²) in [4.78, 5) is 38.0. The summed E-state index contributed by atoms with van der Waals surface area (Å²) in [5.41, 5.74) is 2.74. The number of aryl methyl sites for hydroxylation is 1. The summed E-state index contributed by atoms with van der Waals surface area (Å²) < 4.78 is 0. The van der Waals surface area contributed by atoms with Gasteiger partial charge in [0.25, 0.3) is 5.91 Å². The van der Waals surface area contributed by atoms with Gasteiger partial charge in [-0.15, -0.1) is 0 Å². The molecule has 0 unspecified atom stereocenters. The van der Waals surface area contributed by atoms with Crippen molar-refractivity contribution in [3.05, 3.63) is 59.7 Å². The Morgan fingerprint density at radius 3 is 2.21 bits per heavy atom. The van der Waals surface area contributed by atoms with Crippen LogP contribution in [0.3, 0.4) is 0 Å². The van der Waals surface area contributed by atoms with Crippen LogP contribution in [0.2, 0.25) is 0 Å². The monoisotopic (exact) mass is 382 g/mol. The highest BCUT2D eigenvalue weighted by Gasteiger charge is 2.14. The molecule has 0 radical (unpaired) electrons. The summed E-state index contributed by atoms with van der Waals surface area (Å²) >= 11 is 0. The zero-order valence-electron chi connectivity index (χ0n) is 16.4. The van der Waals surface area contributed by atoms with Crippen molar-refractivity contribution in [1.29, 1.82) is 0 Å². The number of carbonyl (C=O) groups excluding carboxylic acids is 3. The lowest BCUT2D eigenvalue weighted by Gasteiger charge is -2.11. The molecule has 0 bridgehead atoms. The number of benzene rings is 2. The van der Waals surface area contributed by atoms with Crippen molar-refractivity contribution in [2.75, 3.05) is 37.8 Å². The predicted octanol–water partition coefficient (Wildman–Crippen LogP) is 2.12. The van der Waals surface area contributed by atoms with Gasteiger partial charge in [0.15, 0.2) is 0 Å². The van der Waals surface area contributed by atoms with Gasteiger partial charge in [-0.25, -0.2) is 0 Å². The molecule has 0 heterocycles. The highest BCUT2D eigenvalue weighted by Crippen LogP contribution is 2.17. The summed E-state index contributed by atoms with van der Waals surface area (Å²) in [5, 5.41) is 7.96. The summed E-state index contributed by atoms with van der Waals surface area (Å²) in [6.45, 7) is 3.06. The maximum absolute atomic E-state index is 12.4. The molecule has 0 aromatic heterocycles. The number of rotatable bonds is 7. The number of hydrogen-bond donors (Lipinski definition) is 3. The molecule has 0 atom stereocenters. The Balaban J connectivity index is 1.92. The molecule has 7 nitrogen and oxygen atoms in total. The van der Waals surface area contributed by atoms with Gasteiger partial charge in [-0.2, -0.15) is 0 Å². The van der Waals surface area contributed by atoms with Crippen LogP contribution in [-0.2, 0) is 16.0 Å². The van der Waals surface area contributed by atoms with E-state index in [4.69, 9.17) is 0 Å². The molecule has 0 aliphatic rings. The highest BCUT2D eigenvalue weighted by atomic mass is 16.2. The summed E-state index contributed by atoms with van der Waals surface area (Å²) in [7, 11) is 3.76. The van der Waals surface area contributed by atoms with Crippen LogP contribution in [0.5, 0.6) is 0 Å². The minimum absolute atomic E-state index is 0.236. The highest BCUT2D eigenvalue weighted by molar-refractivity contribution is 6.39. The van der Waals surface area contributed by atoms with Gasteiger partial charge < -0.3 is 20.9 Å². The van der Waals surface area contributed by atoms with Crippen molar-refractivity contribution in [2.24, 2.45) is 0 Å². The van der Waals surface area contributed by atoms with Crippen molar-refractivity contribution >= 4 is 29.1 Å². The van der Waals surface area contributed by atoms with Gasteiger partial charge in [-0.05, 0) is 56.4 Å². The summed E-state index contributed by atoms with van der Waals surface area (Å²) in [6, 6.07) is 14.0. The van der Waals surface area contributed by atoms with Crippen molar-refractivity contribution in [1.82, 2.24) is 10.2 Å². The number of likely N-dealkylation sites (N-methyl/N-ethyl adjacent to an activating group) is 1. The van der Waals surface area contributed by atoms with E-state index in [0.717, 1.165) is 17.7 Å². The number of hydrogen-bond acceptors (Lipinski definition) is 4. The molecule has 2 aromatic rings. The van der Waals surface area contributed by atoms with Crippen LogP contribution in [0, 0.1) is 0 Å². The van der Waals surface area contributed by atoms with Crippen LogP contribution in [0.4, 0.5) is 11.4 Å². The Kier molecular flexibility index (Phi) is 7.71. The largest absolute Gasteiger partial charge is 0.347 e. The van der Waals surface area contributed by atoms with Gasteiger partial charge in [0.1, 0.15) is 0 Å². The lowest BCUT2D eigenvalue weighted by atomic mass is 10.1. The number of nitrogens with zero attached hydrogens (tertiary/aromatic N) is 1. The molecule has 3 N–H and O–H groups in total. The van der Waals surface area contributed by atoms with E-state index in [9.17, 15) is 14.4 Å². The van der Waals surface area contributed by atoms with Crippen LogP contribution in [0.1, 0.15) is 22.8 Å². The number of para-hydroxylation sites is 1. The first kappa shape index (κ1) is 21.1. The third kappa shape index (κ3) is 6.21. The van der Waals surface area contributed by atoms with Gasteiger partial charge in [0.05, 0.1) is 0 Å². The summed E-state index contributed by atoms with van der Waals surface area (Å²) in [6.07, 6.45) is 0.817. The van der Waals surface area contributed by atoms with E-state index >= 15 is 0 Å². The fourth-order valence-corrected chi connectivity index (χ4v) is 2.51. The standard InChI is InChI=1S/C21H26N4O3/c1-4-15-7-5-6-8-18(15)24-19(26)16-9-11-17(12-10-16)23-21(28)20(27)22-13-14-25(2)3/h5-12H,4,13-14H2,1-3H3,(H,22,27)(H,23,28)(H,24,26). The molecule has 2 aromatic carbocycles. The van der Waals surface area contributed by atoms with E-state index in [1.54, 1.807) is 24.3 Å². The minimum atomic E-state index is -0.743. The average molecular weight is 382 g/mol. The van der Waals surface area contributed by atoms with Gasteiger partial charge in [0, 0.05) is 30.0 Å². The maximum Gasteiger partial charge on any atom is 0.313 e. The lowest BCUT2D eigenvalue weighted by Crippen LogP contribution is -2.38. The summed E-state index contributed by atoms with van der Waals surface area (Å²) in [5.74, 6) is -1.67. The molecule has 0 fully saturated rings. The first-order valence-electron chi connectivity index (χ1n) is 9.14. The van der Waals surface area contributed by atoms with E-state index in [-0.39, 0.29) is 5.91 Å². The quantitative estimate of drug-likeness (QED) is 0.640. The molecule has 0 saturated heterocycles. The first-order chi connectivity index (χ1) is 13.4. The van der Waals surface area contributed by atoms with Crippen molar-refractivity contribution in [3.63, 3.8) is 0 Å². The second kappa shape index (κ2) is 10.2. The van der Waals surface area contributed by atoms with Crippen LogP contribution < -0.4 is 16.0 Å². The molecule has 0 aliphatic heterocycles. The molecule has 0 saturated carbocycles. The van der Waals surface area contributed by atoms with E-state index < -0.39 is 11.8 Å². The Morgan fingerprint density at radius 2 is 1.57 bits per heavy atom. The molecule has 0 spiro atoms. The number of carbonyl (C=O) groups is 3. The maximum atomic E-state index is 12.4. The number of nitrogens with one attached hydrogen (secondary N) is 3. The van der Waals surface area contributed by atoms with Gasteiger partial charge in [0.2, 0.25) is 0 Å². The van der Waals surface area contributed by atoms with Crippen LogP contribution >= 0.6 is 0 Å². The molecule has 2 rings (SSSR count). The van der Waals surface area contributed by atoms with Crippen molar-refractivity contribution in [2.45, 2.75) is 13.3 Å². The van der Waals surface area contributed by atoms with Crippen molar-refractivity contribution in [3.8, 4) is 0 Å². The van der Waals surface area contributed by atoms with E-state index in [0.29, 0.717) is 24.3 Å². The third-order valence-corrected chi connectivity index (χ3v) is 4.10. The average Bonchev–Trinajstić information content (AvgIpc) is 2.68. The van der Waals surface area contributed by atoms with Crippen molar-refractivity contribution < 1.29 is 14.4 Å². The minimum Gasteiger partial charge on any atom is -0.347 e. The normalized spacial score (nSPS) is 10.4.